The number of hydrogen-bond donors (Lipinski definition) is 1. The summed E-state index contributed by atoms with van der Waals surface area (Å²) in [5, 5.41) is 8.92. The van der Waals surface area contributed by atoms with Crippen molar-refractivity contribution in [2.24, 2.45) is 11.3 Å². The van der Waals surface area contributed by atoms with Crippen molar-refractivity contribution in [3.05, 3.63) is 0 Å². The van der Waals surface area contributed by atoms with Crippen LogP contribution < -0.4 is 0 Å². The van der Waals surface area contributed by atoms with Gasteiger partial charge in [-0.3, -0.25) is 0 Å². The third kappa shape index (κ3) is 5.30. The molecule has 0 radical (unpaired) electrons. The first kappa shape index (κ1) is 13.0. The number of aliphatic hydroxyl groups excluding tert-OH is 1. The maximum atomic E-state index is 8.92. The zero-order valence-corrected chi connectivity index (χ0v) is 9.77. The molecule has 0 aliphatic carbocycles. The molecule has 13 heavy (non-hydrogen) atoms. The third-order valence-corrected chi connectivity index (χ3v) is 3.33. The van der Waals surface area contributed by atoms with Crippen LogP contribution in [0, 0.1) is 11.3 Å². The summed E-state index contributed by atoms with van der Waals surface area (Å²) in [6, 6.07) is 0. The Balaban J connectivity index is 3.72. The van der Waals surface area contributed by atoms with E-state index in [1.807, 2.05) is 0 Å². The first-order valence-electron chi connectivity index (χ1n) is 5.65. The van der Waals surface area contributed by atoms with Crippen LogP contribution >= 0.6 is 0 Å². The second-order valence-corrected chi connectivity index (χ2v) is 4.86. The molecule has 80 valence electrons. The summed E-state index contributed by atoms with van der Waals surface area (Å²) in [6.07, 6.45) is 6.22. The Labute approximate surface area is 83.5 Å². The molecule has 0 aromatic carbocycles. The topological polar surface area (TPSA) is 20.2 Å². The highest BCUT2D eigenvalue weighted by Crippen LogP contribution is 2.33. The molecule has 0 amide bonds. The van der Waals surface area contributed by atoms with Crippen LogP contribution in [0.5, 0.6) is 0 Å². The van der Waals surface area contributed by atoms with Crippen molar-refractivity contribution in [1.82, 2.24) is 0 Å². The van der Waals surface area contributed by atoms with Crippen LogP contribution in [0.4, 0.5) is 0 Å². The van der Waals surface area contributed by atoms with Gasteiger partial charge in [0.2, 0.25) is 0 Å². The fourth-order valence-corrected chi connectivity index (χ4v) is 1.63. The van der Waals surface area contributed by atoms with Crippen molar-refractivity contribution in [3.8, 4) is 0 Å². The SMILES string of the molecule is CCCCCC(C)C(C)(C)CCO. The summed E-state index contributed by atoms with van der Waals surface area (Å²) in [5.74, 6) is 0.728. The largest absolute Gasteiger partial charge is 0.396 e. The number of aliphatic hydroxyl groups is 1. The molecular formula is C12H26O. The lowest BCUT2D eigenvalue weighted by Gasteiger charge is -2.31. The van der Waals surface area contributed by atoms with Gasteiger partial charge in [0, 0.05) is 6.61 Å². The number of hydrogen-bond acceptors (Lipinski definition) is 1. The summed E-state index contributed by atoms with van der Waals surface area (Å²) in [7, 11) is 0. The second-order valence-electron chi connectivity index (χ2n) is 4.86. The van der Waals surface area contributed by atoms with Gasteiger partial charge < -0.3 is 5.11 Å². The molecule has 1 heteroatoms. The molecule has 1 atom stereocenters. The zero-order valence-electron chi connectivity index (χ0n) is 9.77. The summed E-state index contributed by atoms with van der Waals surface area (Å²) >= 11 is 0. The molecule has 1 nitrogen and oxygen atoms in total. The summed E-state index contributed by atoms with van der Waals surface area (Å²) < 4.78 is 0. The Morgan fingerprint density at radius 1 is 1.23 bits per heavy atom. The summed E-state index contributed by atoms with van der Waals surface area (Å²) in [5.41, 5.74) is 0.308. The van der Waals surface area contributed by atoms with Crippen LogP contribution in [0.2, 0.25) is 0 Å². The molecule has 1 N–H and O–H groups in total. The molecule has 0 aliphatic rings. The normalized spacial score (nSPS) is 14.5. The van der Waals surface area contributed by atoms with E-state index in [1.165, 1.54) is 25.7 Å². The van der Waals surface area contributed by atoms with Crippen molar-refractivity contribution in [2.75, 3.05) is 6.61 Å². The van der Waals surface area contributed by atoms with Crippen molar-refractivity contribution < 1.29 is 5.11 Å². The van der Waals surface area contributed by atoms with Gasteiger partial charge in [0.15, 0.2) is 0 Å². The van der Waals surface area contributed by atoms with Crippen LogP contribution in [-0.4, -0.2) is 11.7 Å². The highest BCUT2D eigenvalue weighted by molar-refractivity contribution is 4.74. The van der Waals surface area contributed by atoms with Crippen LogP contribution in [-0.2, 0) is 0 Å². The van der Waals surface area contributed by atoms with Gasteiger partial charge in [-0.25, -0.2) is 0 Å². The standard InChI is InChI=1S/C12H26O/c1-5-6-7-8-11(2)12(3,4)9-10-13/h11,13H,5-10H2,1-4H3. The van der Waals surface area contributed by atoms with E-state index in [4.69, 9.17) is 5.11 Å². The van der Waals surface area contributed by atoms with Gasteiger partial charge in [0.05, 0.1) is 0 Å². The lowest BCUT2D eigenvalue weighted by atomic mass is 9.75. The minimum absolute atomic E-state index is 0.308. The van der Waals surface area contributed by atoms with E-state index in [2.05, 4.69) is 27.7 Å². The molecule has 0 saturated heterocycles. The number of unbranched alkanes of at least 4 members (excludes halogenated alkanes) is 2. The maximum Gasteiger partial charge on any atom is 0.0436 e. The Hall–Kier alpha value is -0.0400. The van der Waals surface area contributed by atoms with Gasteiger partial charge in [-0.05, 0) is 17.8 Å². The Bertz CT molecular complexity index is 118. The van der Waals surface area contributed by atoms with Crippen LogP contribution in [0.1, 0.15) is 59.8 Å². The smallest absolute Gasteiger partial charge is 0.0436 e. The van der Waals surface area contributed by atoms with E-state index < -0.39 is 0 Å². The minimum atomic E-state index is 0.308. The minimum Gasteiger partial charge on any atom is -0.396 e. The highest BCUT2D eigenvalue weighted by Gasteiger charge is 2.24. The molecule has 0 spiro atoms. The van der Waals surface area contributed by atoms with Crippen LogP contribution in [0.15, 0.2) is 0 Å². The molecule has 0 bridgehead atoms. The molecule has 1 unspecified atom stereocenters. The van der Waals surface area contributed by atoms with E-state index in [0.717, 1.165) is 12.3 Å². The summed E-state index contributed by atoms with van der Waals surface area (Å²) in [6.45, 7) is 9.40. The van der Waals surface area contributed by atoms with E-state index in [9.17, 15) is 0 Å². The predicted octanol–water partition coefficient (Wildman–Crippen LogP) is 3.61. The Kier molecular flexibility index (Phi) is 6.40. The molecule has 0 rings (SSSR count). The fourth-order valence-electron chi connectivity index (χ4n) is 1.63. The average Bonchev–Trinajstić information content (AvgIpc) is 2.04. The van der Waals surface area contributed by atoms with Gasteiger partial charge in [0.25, 0.3) is 0 Å². The van der Waals surface area contributed by atoms with Crippen molar-refractivity contribution in [2.45, 2.75) is 59.8 Å². The average molecular weight is 186 g/mol. The van der Waals surface area contributed by atoms with E-state index >= 15 is 0 Å². The van der Waals surface area contributed by atoms with E-state index in [0.29, 0.717) is 12.0 Å². The van der Waals surface area contributed by atoms with Crippen molar-refractivity contribution in [1.29, 1.82) is 0 Å². The maximum absolute atomic E-state index is 8.92. The zero-order chi connectivity index (χ0) is 10.3. The van der Waals surface area contributed by atoms with Gasteiger partial charge in [-0.1, -0.05) is 53.4 Å². The van der Waals surface area contributed by atoms with E-state index in [1.54, 1.807) is 0 Å². The molecule has 0 fully saturated rings. The second kappa shape index (κ2) is 6.42. The van der Waals surface area contributed by atoms with Crippen LogP contribution in [0.3, 0.4) is 0 Å². The highest BCUT2D eigenvalue weighted by atomic mass is 16.3. The lowest BCUT2D eigenvalue weighted by Crippen LogP contribution is -2.22. The van der Waals surface area contributed by atoms with Crippen molar-refractivity contribution in [3.63, 3.8) is 0 Å². The first-order chi connectivity index (χ1) is 6.04. The predicted molar refractivity (Wildman–Crippen MR) is 58.8 cm³/mol. The quantitative estimate of drug-likeness (QED) is 0.602. The Morgan fingerprint density at radius 3 is 2.31 bits per heavy atom. The molecule has 0 aromatic heterocycles. The van der Waals surface area contributed by atoms with Gasteiger partial charge in [-0.2, -0.15) is 0 Å². The Morgan fingerprint density at radius 2 is 1.85 bits per heavy atom. The van der Waals surface area contributed by atoms with Gasteiger partial charge in [-0.15, -0.1) is 0 Å². The van der Waals surface area contributed by atoms with Crippen LogP contribution in [0.25, 0.3) is 0 Å². The number of rotatable bonds is 7. The lowest BCUT2D eigenvalue weighted by molar-refractivity contribution is 0.146. The van der Waals surface area contributed by atoms with Crippen molar-refractivity contribution >= 4 is 0 Å². The molecule has 0 saturated carbocycles. The van der Waals surface area contributed by atoms with Gasteiger partial charge >= 0.3 is 0 Å². The first-order valence-corrected chi connectivity index (χ1v) is 5.65. The molecule has 0 heterocycles. The monoisotopic (exact) mass is 186 g/mol. The molecule has 0 aromatic rings. The third-order valence-electron chi connectivity index (χ3n) is 3.33. The summed E-state index contributed by atoms with van der Waals surface area (Å²) in [4.78, 5) is 0. The molecule has 0 aliphatic heterocycles. The van der Waals surface area contributed by atoms with Gasteiger partial charge in [0.1, 0.15) is 0 Å². The van der Waals surface area contributed by atoms with E-state index in [-0.39, 0.29) is 0 Å². The fraction of sp³-hybridized carbons (Fsp3) is 1.00. The molecular weight excluding hydrogens is 160 g/mol.